The predicted molar refractivity (Wildman–Crippen MR) is 69.8 cm³/mol. The van der Waals surface area contributed by atoms with E-state index in [-0.39, 0.29) is 6.04 Å². The van der Waals surface area contributed by atoms with Crippen LogP contribution >= 0.6 is 11.6 Å². The van der Waals surface area contributed by atoms with Crippen LogP contribution in [0, 0.1) is 0 Å². The number of nitrogens with zero attached hydrogens (tertiary/aromatic N) is 1. The second-order valence-corrected chi connectivity index (χ2v) is 6.34. The summed E-state index contributed by atoms with van der Waals surface area (Å²) in [7, 11) is -3.48. The van der Waals surface area contributed by atoms with Gasteiger partial charge in [-0.3, -0.25) is 9.71 Å². The van der Waals surface area contributed by atoms with Crippen LogP contribution in [0.5, 0.6) is 0 Å². The van der Waals surface area contributed by atoms with Crippen molar-refractivity contribution in [3.63, 3.8) is 0 Å². The van der Waals surface area contributed by atoms with E-state index in [0.29, 0.717) is 10.9 Å². The molecule has 0 unspecified atom stereocenters. The second kappa shape index (κ2) is 4.22. The van der Waals surface area contributed by atoms with Crippen LogP contribution in [0.15, 0.2) is 29.3 Å². The zero-order valence-corrected chi connectivity index (χ0v) is 11.0. The Bertz CT molecular complexity index is 593. The Labute approximate surface area is 110 Å². The van der Waals surface area contributed by atoms with Crippen molar-refractivity contribution in [3.8, 4) is 0 Å². The molecule has 7 heteroatoms. The first-order chi connectivity index (χ1) is 8.53. The van der Waals surface area contributed by atoms with Crippen molar-refractivity contribution in [2.75, 3.05) is 0 Å². The first-order valence-electron chi connectivity index (χ1n) is 5.67. The van der Waals surface area contributed by atoms with Gasteiger partial charge in [-0.2, -0.15) is 13.1 Å². The minimum absolute atomic E-state index is 0.261. The topological polar surface area (TPSA) is 70.6 Å². The van der Waals surface area contributed by atoms with Gasteiger partial charge in [0.25, 0.3) is 0 Å². The van der Waals surface area contributed by atoms with Crippen LogP contribution in [0.2, 0.25) is 5.02 Å². The van der Waals surface area contributed by atoms with Crippen molar-refractivity contribution >= 4 is 27.6 Å². The summed E-state index contributed by atoms with van der Waals surface area (Å²) in [4.78, 5) is 4.39. The average molecular weight is 286 g/mol. The highest BCUT2D eigenvalue weighted by Crippen LogP contribution is 2.27. The van der Waals surface area contributed by atoms with Crippen LogP contribution in [-0.4, -0.2) is 20.3 Å². The largest absolute Gasteiger partial charge is 0.301 e. The molecule has 1 aromatic carbocycles. The minimum Gasteiger partial charge on any atom is -0.266 e. The molecule has 1 saturated carbocycles. The molecule has 2 aliphatic rings. The van der Waals surface area contributed by atoms with Crippen molar-refractivity contribution in [3.05, 3.63) is 34.9 Å². The monoisotopic (exact) mass is 285 g/mol. The Hall–Kier alpha value is -1.11. The van der Waals surface area contributed by atoms with E-state index < -0.39 is 16.3 Å². The van der Waals surface area contributed by atoms with E-state index in [1.165, 1.54) is 0 Å². The normalized spacial score (nSPS) is 28.3. The highest BCUT2D eigenvalue weighted by atomic mass is 35.5. The molecule has 0 bridgehead atoms. The highest BCUT2D eigenvalue weighted by Gasteiger charge is 2.35. The molecule has 0 radical (unpaired) electrons. The molecular formula is C11H12ClN3O2S. The third-order valence-electron chi connectivity index (χ3n) is 2.86. The summed E-state index contributed by atoms with van der Waals surface area (Å²) in [6, 6.07) is 6.89. The van der Waals surface area contributed by atoms with Gasteiger partial charge in [-0.1, -0.05) is 23.7 Å². The standard InChI is InChI=1S/C11H12ClN3O2S/c12-8-3-1-7(2-4-8)10-11(13-9-5-6-9)15-18(16,17)14-10/h1-4,9-10,14H,5-6H2,(H,13,15)/t10-/m0/s1. The fourth-order valence-electron chi connectivity index (χ4n) is 1.82. The van der Waals surface area contributed by atoms with E-state index in [2.05, 4.69) is 14.4 Å². The summed E-state index contributed by atoms with van der Waals surface area (Å²) in [6.45, 7) is 0. The minimum atomic E-state index is -3.48. The maximum absolute atomic E-state index is 11.6. The van der Waals surface area contributed by atoms with Gasteiger partial charge in [0.15, 0.2) is 0 Å². The molecule has 5 nitrogen and oxygen atoms in total. The van der Waals surface area contributed by atoms with Gasteiger partial charge >= 0.3 is 10.2 Å². The lowest BCUT2D eigenvalue weighted by molar-refractivity contribution is 0.583. The molecule has 96 valence electrons. The summed E-state index contributed by atoms with van der Waals surface area (Å²) in [5.74, 6) is 0.472. The van der Waals surface area contributed by atoms with Crippen LogP contribution in [0.3, 0.4) is 0 Å². The lowest BCUT2D eigenvalue weighted by atomic mass is 10.1. The van der Waals surface area contributed by atoms with E-state index in [0.717, 1.165) is 18.4 Å². The molecule has 18 heavy (non-hydrogen) atoms. The maximum Gasteiger partial charge on any atom is 0.301 e. The van der Waals surface area contributed by atoms with Gasteiger partial charge in [0.1, 0.15) is 11.9 Å². The van der Waals surface area contributed by atoms with Gasteiger partial charge in [-0.05, 0) is 30.5 Å². The van der Waals surface area contributed by atoms with Crippen molar-refractivity contribution in [2.24, 2.45) is 4.99 Å². The number of hydrogen-bond acceptors (Lipinski definition) is 3. The Morgan fingerprint density at radius 3 is 2.50 bits per heavy atom. The number of halogens is 1. The van der Waals surface area contributed by atoms with Crippen molar-refractivity contribution in [1.29, 1.82) is 0 Å². The average Bonchev–Trinajstić information content (AvgIpc) is 3.05. The number of nitrogens with one attached hydrogen (secondary N) is 2. The second-order valence-electron chi connectivity index (χ2n) is 4.45. The molecule has 0 amide bonds. The van der Waals surface area contributed by atoms with Crippen LogP contribution in [0.25, 0.3) is 0 Å². The first-order valence-corrected chi connectivity index (χ1v) is 7.53. The molecule has 2 fully saturated rings. The van der Waals surface area contributed by atoms with Crippen LogP contribution in [0.4, 0.5) is 0 Å². The third kappa shape index (κ3) is 2.50. The predicted octanol–water partition coefficient (Wildman–Crippen LogP) is 1.38. The highest BCUT2D eigenvalue weighted by molar-refractivity contribution is 7.88. The fourth-order valence-corrected chi connectivity index (χ4v) is 3.01. The van der Waals surface area contributed by atoms with Crippen molar-refractivity contribution < 1.29 is 8.42 Å². The van der Waals surface area contributed by atoms with Gasteiger partial charge in [0.2, 0.25) is 0 Å². The van der Waals surface area contributed by atoms with Crippen LogP contribution in [0.1, 0.15) is 24.4 Å². The summed E-state index contributed by atoms with van der Waals surface area (Å²) in [5, 5.41) is 0.619. The molecule has 1 aliphatic heterocycles. The van der Waals surface area contributed by atoms with Crippen molar-refractivity contribution in [1.82, 2.24) is 9.44 Å². The van der Waals surface area contributed by atoms with Crippen molar-refractivity contribution in [2.45, 2.75) is 24.9 Å². The molecule has 1 saturated heterocycles. The lowest BCUT2D eigenvalue weighted by Gasteiger charge is -2.09. The van der Waals surface area contributed by atoms with Gasteiger partial charge in [0.05, 0.1) is 6.04 Å². The van der Waals surface area contributed by atoms with E-state index in [1.807, 2.05) is 0 Å². The van der Waals surface area contributed by atoms with Gasteiger partial charge in [-0.25, -0.2) is 0 Å². The van der Waals surface area contributed by atoms with E-state index in [1.54, 1.807) is 24.3 Å². The molecule has 0 aromatic heterocycles. The molecule has 1 aliphatic carbocycles. The van der Waals surface area contributed by atoms with Gasteiger partial charge in [0, 0.05) is 5.02 Å². The van der Waals surface area contributed by atoms with Gasteiger partial charge in [-0.15, -0.1) is 0 Å². The SMILES string of the molecule is O=S1(=O)NC(=NC2CC2)[C@H](c2ccc(Cl)cc2)N1. The Morgan fingerprint density at radius 1 is 1.22 bits per heavy atom. The number of aliphatic imine (C=N–C) groups is 1. The quantitative estimate of drug-likeness (QED) is 0.862. The molecule has 0 spiro atoms. The summed E-state index contributed by atoms with van der Waals surface area (Å²) < 4.78 is 28.1. The van der Waals surface area contributed by atoms with Crippen LogP contribution < -0.4 is 9.44 Å². The molecule has 1 heterocycles. The number of hydrogen-bond donors (Lipinski definition) is 2. The summed E-state index contributed by atoms with van der Waals surface area (Å²) in [5.41, 5.74) is 0.826. The zero-order chi connectivity index (χ0) is 12.8. The molecule has 2 N–H and O–H groups in total. The first kappa shape index (κ1) is 12.0. The number of benzene rings is 1. The molecular weight excluding hydrogens is 274 g/mol. The Kier molecular flexibility index (Phi) is 2.80. The number of rotatable bonds is 2. The van der Waals surface area contributed by atoms with E-state index >= 15 is 0 Å². The Balaban J connectivity index is 1.95. The summed E-state index contributed by atoms with van der Waals surface area (Å²) in [6.07, 6.45) is 2.05. The maximum atomic E-state index is 11.6. The third-order valence-corrected chi connectivity index (χ3v) is 4.13. The lowest BCUT2D eigenvalue weighted by Crippen LogP contribution is -2.24. The molecule has 3 rings (SSSR count). The smallest absolute Gasteiger partial charge is 0.266 e. The Morgan fingerprint density at radius 2 is 1.89 bits per heavy atom. The van der Waals surface area contributed by atoms with Gasteiger partial charge < -0.3 is 0 Å². The van der Waals surface area contributed by atoms with E-state index in [4.69, 9.17) is 11.6 Å². The van der Waals surface area contributed by atoms with Crippen LogP contribution in [-0.2, 0) is 10.2 Å². The molecule has 1 aromatic rings. The number of amidine groups is 1. The fraction of sp³-hybridized carbons (Fsp3) is 0.364. The zero-order valence-electron chi connectivity index (χ0n) is 9.43. The summed E-state index contributed by atoms with van der Waals surface area (Å²) >= 11 is 5.82. The van der Waals surface area contributed by atoms with E-state index in [9.17, 15) is 8.42 Å². The molecule has 1 atom stereocenters.